The molecule has 0 aromatic heterocycles. The van der Waals surface area contributed by atoms with Crippen LogP contribution in [0.2, 0.25) is 0 Å². The number of rotatable bonds is 5. The van der Waals surface area contributed by atoms with E-state index in [-0.39, 0.29) is 5.60 Å². The van der Waals surface area contributed by atoms with Gasteiger partial charge in [0.1, 0.15) is 0 Å². The quantitative estimate of drug-likeness (QED) is 0.855. The van der Waals surface area contributed by atoms with Gasteiger partial charge >= 0.3 is 5.97 Å². The Hall–Kier alpha value is -1.35. The Bertz CT molecular complexity index is 396. The highest BCUT2D eigenvalue weighted by Crippen LogP contribution is 2.21. The third kappa shape index (κ3) is 3.86. The first-order valence-corrected chi connectivity index (χ1v) is 5.72. The molecule has 0 saturated carbocycles. The Morgan fingerprint density at radius 3 is 2.65 bits per heavy atom. The molecule has 94 valence electrons. The minimum absolute atomic E-state index is 0.231. The molecule has 0 amide bonds. The van der Waals surface area contributed by atoms with Crippen molar-refractivity contribution in [3.8, 4) is 0 Å². The molecular weight excluding hydrogens is 216 g/mol. The summed E-state index contributed by atoms with van der Waals surface area (Å²) in [6.07, 6.45) is 0.768. The average molecular weight is 236 g/mol. The molecular formula is C14H20O3. The van der Waals surface area contributed by atoms with Crippen LogP contribution >= 0.6 is 0 Å². The van der Waals surface area contributed by atoms with E-state index in [2.05, 4.69) is 0 Å². The molecule has 1 unspecified atom stereocenters. The third-order valence-corrected chi connectivity index (χ3v) is 3.00. The van der Waals surface area contributed by atoms with Crippen molar-refractivity contribution in [3.05, 3.63) is 35.4 Å². The first-order valence-electron chi connectivity index (χ1n) is 5.72. The molecule has 0 fully saturated rings. The van der Waals surface area contributed by atoms with Crippen LogP contribution in [0, 0.1) is 0 Å². The Labute approximate surface area is 102 Å². The van der Waals surface area contributed by atoms with E-state index in [1.165, 1.54) is 0 Å². The summed E-state index contributed by atoms with van der Waals surface area (Å²) >= 11 is 0. The van der Waals surface area contributed by atoms with Gasteiger partial charge in [-0.15, -0.1) is 0 Å². The standard InChI is InChI=1S/C14H20O3/c1-10(13(15)16)12-7-5-6-11(8-12)9-14(2,3)17-4/h5-8,10H,9H2,1-4H3,(H,15,16). The number of benzene rings is 1. The Balaban J connectivity index is 2.90. The summed E-state index contributed by atoms with van der Waals surface area (Å²) in [7, 11) is 1.68. The van der Waals surface area contributed by atoms with Gasteiger partial charge < -0.3 is 9.84 Å². The molecule has 1 aromatic carbocycles. The summed E-state index contributed by atoms with van der Waals surface area (Å²) in [5.41, 5.74) is 1.70. The van der Waals surface area contributed by atoms with Crippen LogP contribution in [0.3, 0.4) is 0 Å². The van der Waals surface area contributed by atoms with Crippen molar-refractivity contribution >= 4 is 5.97 Å². The molecule has 3 heteroatoms. The molecule has 17 heavy (non-hydrogen) atoms. The maximum absolute atomic E-state index is 10.9. The van der Waals surface area contributed by atoms with Crippen LogP contribution in [-0.4, -0.2) is 23.8 Å². The predicted molar refractivity (Wildman–Crippen MR) is 67.3 cm³/mol. The minimum Gasteiger partial charge on any atom is -0.481 e. The molecule has 0 spiro atoms. The van der Waals surface area contributed by atoms with Crippen molar-refractivity contribution in [1.29, 1.82) is 0 Å². The van der Waals surface area contributed by atoms with Crippen LogP contribution in [-0.2, 0) is 16.0 Å². The Morgan fingerprint density at radius 1 is 1.47 bits per heavy atom. The first kappa shape index (κ1) is 13.7. The summed E-state index contributed by atoms with van der Waals surface area (Å²) in [5, 5.41) is 8.98. The molecule has 1 N–H and O–H groups in total. The molecule has 0 aliphatic heterocycles. The van der Waals surface area contributed by atoms with E-state index in [9.17, 15) is 4.79 Å². The fourth-order valence-corrected chi connectivity index (χ4v) is 1.68. The van der Waals surface area contributed by atoms with Gasteiger partial charge in [0.2, 0.25) is 0 Å². The van der Waals surface area contributed by atoms with Gasteiger partial charge in [0.05, 0.1) is 11.5 Å². The molecule has 1 aromatic rings. The van der Waals surface area contributed by atoms with Gasteiger partial charge in [-0.05, 0) is 31.9 Å². The normalized spacial score (nSPS) is 13.4. The Morgan fingerprint density at radius 2 is 2.12 bits per heavy atom. The summed E-state index contributed by atoms with van der Waals surface area (Å²) < 4.78 is 5.37. The van der Waals surface area contributed by atoms with Crippen LogP contribution in [0.5, 0.6) is 0 Å². The van der Waals surface area contributed by atoms with E-state index in [1.54, 1.807) is 14.0 Å². The predicted octanol–water partition coefficient (Wildman–Crippen LogP) is 2.84. The number of hydrogen-bond donors (Lipinski definition) is 1. The lowest BCUT2D eigenvalue weighted by Gasteiger charge is -2.23. The lowest BCUT2D eigenvalue weighted by molar-refractivity contribution is -0.138. The van der Waals surface area contributed by atoms with E-state index in [0.29, 0.717) is 0 Å². The van der Waals surface area contributed by atoms with Crippen molar-refractivity contribution in [1.82, 2.24) is 0 Å². The summed E-state index contributed by atoms with van der Waals surface area (Å²) in [4.78, 5) is 10.9. The topological polar surface area (TPSA) is 46.5 Å². The zero-order valence-electron chi connectivity index (χ0n) is 10.9. The van der Waals surface area contributed by atoms with Crippen LogP contribution in [0.15, 0.2) is 24.3 Å². The number of hydrogen-bond acceptors (Lipinski definition) is 2. The van der Waals surface area contributed by atoms with Gasteiger partial charge in [-0.2, -0.15) is 0 Å². The second-order valence-electron chi connectivity index (χ2n) is 4.95. The zero-order valence-corrected chi connectivity index (χ0v) is 10.9. The smallest absolute Gasteiger partial charge is 0.310 e. The van der Waals surface area contributed by atoms with Gasteiger partial charge in [-0.1, -0.05) is 24.3 Å². The number of carboxylic acid groups (broad SMARTS) is 1. The van der Waals surface area contributed by atoms with Crippen LogP contribution in [0.4, 0.5) is 0 Å². The van der Waals surface area contributed by atoms with Gasteiger partial charge in [-0.3, -0.25) is 4.79 Å². The fourth-order valence-electron chi connectivity index (χ4n) is 1.68. The zero-order chi connectivity index (χ0) is 13.1. The monoisotopic (exact) mass is 236 g/mol. The van der Waals surface area contributed by atoms with Gasteiger partial charge in [0.25, 0.3) is 0 Å². The molecule has 0 radical (unpaired) electrons. The molecule has 3 nitrogen and oxygen atoms in total. The van der Waals surface area contributed by atoms with E-state index in [0.717, 1.165) is 17.5 Å². The molecule has 0 bridgehead atoms. The van der Waals surface area contributed by atoms with Crippen LogP contribution in [0.1, 0.15) is 37.8 Å². The molecule has 1 rings (SSSR count). The maximum Gasteiger partial charge on any atom is 0.310 e. The van der Waals surface area contributed by atoms with Gasteiger partial charge in [0.15, 0.2) is 0 Å². The SMILES string of the molecule is COC(C)(C)Cc1cccc(C(C)C(=O)O)c1. The third-order valence-electron chi connectivity index (χ3n) is 3.00. The highest BCUT2D eigenvalue weighted by atomic mass is 16.5. The van der Waals surface area contributed by atoms with Gasteiger partial charge in [-0.25, -0.2) is 0 Å². The largest absolute Gasteiger partial charge is 0.481 e. The van der Waals surface area contributed by atoms with Crippen LogP contribution in [0.25, 0.3) is 0 Å². The van der Waals surface area contributed by atoms with Gasteiger partial charge in [0, 0.05) is 13.5 Å². The minimum atomic E-state index is -0.798. The Kier molecular flexibility index (Phi) is 4.29. The first-order chi connectivity index (χ1) is 7.85. The van der Waals surface area contributed by atoms with E-state index in [4.69, 9.17) is 9.84 Å². The molecule has 0 heterocycles. The van der Waals surface area contributed by atoms with Crippen molar-refractivity contribution in [3.63, 3.8) is 0 Å². The van der Waals surface area contributed by atoms with E-state index >= 15 is 0 Å². The number of carbonyl (C=O) groups is 1. The van der Waals surface area contributed by atoms with Crippen molar-refractivity contribution in [2.75, 3.05) is 7.11 Å². The second kappa shape index (κ2) is 5.32. The number of methoxy groups -OCH3 is 1. The maximum atomic E-state index is 10.9. The fraction of sp³-hybridized carbons (Fsp3) is 0.500. The number of carboxylic acids is 1. The van der Waals surface area contributed by atoms with Crippen molar-refractivity contribution in [2.45, 2.75) is 38.7 Å². The lowest BCUT2D eigenvalue weighted by atomic mass is 9.93. The molecule has 0 aliphatic carbocycles. The van der Waals surface area contributed by atoms with E-state index in [1.807, 2.05) is 38.1 Å². The molecule has 0 aliphatic rings. The molecule has 0 saturated heterocycles. The van der Waals surface area contributed by atoms with E-state index < -0.39 is 11.9 Å². The summed E-state index contributed by atoms with van der Waals surface area (Å²) in [6.45, 7) is 5.73. The van der Waals surface area contributed by atoms with Crippen LogP contribution < -0.4 is 0 Å². The highest BCUT2D eigenvalue weighted by molar-refractivity contribution is 5.75. The average Bonchev–Trinajstić information content (AvgIpc) is 2.27. The summed E-state index contributed by atoms with van der Waals surface area (Å²) in [5.74, 6) is -1.27. The number of ether oxygens (including phenoxy) is 1. The second-order valence-corrected chi connectivity index (χ2v) is 4.95. The van der Waals surface area contributed by atoms with Crippen molar-refractivity contribution in [2.24, 2.45) is 0 Å². The molecule has 1 atom stereocenters. The summed E-state index contributed by atoms with van der Waals surface area (Å²) in [6, 6.07) is 7.69. The number of aliphatic carboxylic acids is 1. The lowest BCUT2D eigenvalue weighted by Crippen LogP contribution is -2.25. The van der Waals surface area contributed by atoms with Crippen molar-refractivity contribution < 1.29 is 14.6 Å². The highest BCUT2D eigenvalue weighted by Gasteiger charge is 2.19.